The summed E-state index contributed by atoms with van der Waals surface area (Å²) in [6, 6.07) is 5.87. The lowest BCUT2D eigenvalue weighted by Gasteiger charge is -2.05. The van der Waals surface area contributed by atoms with Gasteiger partial charge in [-0.05, 0) is 11.6 Å². The monoisotopic (exact) mass is 146 g/mol. The van der Waals surface area contributed by atoms with Crippen molar-refractivity contribution in [2.75, 3.05) is 5.73 Å². The molecule has 4 N–H and O–H groups in total. The molecule has 1 aromatic carbocycles. The van der Waals surface area contributed by atoms with Crippen LogP contribution in [0.3, 0.4) is 0 Å². The first-order chi connectivity index (χ1) is 5.29. The lowest BCUT2D eigenvalue weighted by molar-refractivity contribution is 0.931. The van der Waals surface area contributed by atoms with Crippen molar-refractivity contribution >= 4 is 11.8 Å². The van der Waals surface area contributed by atoms with E-state index in [1.165, 1.54) is 0 Å². The molecule has 0 saturated carbocycles. The maximum absolute atomic E-state index is 5.77. The standard InChI is InChI=1S/C9H10N2/c10-8-3-1-2-6-7(8)4-5-9(6)11/h1-5,9H,10-11H2. The Morgan fingerprint density at radius 3 is 2.82 bits per heavy atom. The van der Waals surface area contributed by atoms with Crippen LogP contribution in [0.2, 0.25) is 0 Å². The summed E-state index contributed by atoms with van der Waals surface area (Å²) in [7, 11) is 0. The Balaban J connectivity index is 2.65. The molecule has 2 heteroatoms. The molecule has 1 aliphatic carbocycles. The van der Waals surface area contributed by atoms with Gasteiger partial charge in [0.2, 0.25) is 0 Å². The van der Waals surface area contributed by atoms with Crippen molar-refractivity contribution in [1.29, 1.82) is 0 Å². The Kier molecular flexibility index (Phi) is 1.23. The molecule has 0 aliphatic heterocycles. The van der Waals surface area contributed by atoms with Gasteiger partial charge in [0, 0.05) is 17.3 Å². The summed E-state index contributed by atoms with van der Waals surface area (Å²) in [6.07, 6.45) is 3.94. The Morgan fingerprint density at radius 2 is 2.09 bits per heavy atom. The summed E-state index contributed by atoms with van der Waals surface area (Å²) in [5.74, 6) is 0. The van der Waals surface area contributed by atoms with Crippen molar-refractivity contribution in [1.82, 2.24) is 0 Å². The molecule has 0 aromatic heterocycles. The van der Waals surface area contributed by atoms with E-state index in [1.807, 2.05) is 30.4 Å². The first-order valence-corrected chi connectivity index (χ1v) is 3.61. The minimum atomic E-state index is 0.0356. The van der Waals surface area contributed by atoms with E-state index in [4.69, 9.17) is 11.5 Å². The largest absolute Gasteiger partial charge is 0.398 e. The number of nitrogen functional groups attached to an aromatic ring is 1. The molecule has 1 aromatic rings. The second-order valence-electron chi connectivity index (χ2n) is 2.74. The molecule has 0 spiro atoms. The third-order valence-electron chi connectivity index (χ3n) is 2.00. The fourth-order valence-electron chi connectivity index (χ4n) is 1.39. The number of nitrogens with two attached hydrogens (primary N) is 2. The summed E-state index contributed by atoms with van der Waals surface area (Å²) in [5, 5.41) is 0. The Morgan fingerprint density at radius 1 is 1.27 bits per heavy atom. The third-order valence-corrected chi connectivity index (χ3v) is 2.00. The molecule has 2 rings (SSSR count). The molecular weight excluding hydrogens is 136 g/mol. The SMILES string of the molecule is Nc1cccc2c1C=CC2N. The first kappa shape index (κ1) is 6.43. The van der Waals surface area contributed by atoms with Gasteiger partial charge in [-0.3, -0.25) is 0 Å². The van der Waals surface area contributed by atoms with Gasteiger partial charge in [-0.15, -0.1) is 0 Å². The Hall–Kier alpha value is -1.28. The number of rotatable bonds is 0. The maximum atomic E-state index is 5.77. The molecule has 0 heterocycles. The van der Waals surface area contributed by atoms with E-state index in [0.29, 0.717) is 0 Å². The zero-order valence-corrected chi connectivity index (χ0v) is 6.12. The van der Waals surface area contributed by atoms with Gasteiger partial charge < -0.3 is 11.5 Å². The highest BCUT2D eigenvalue weighted by molar-refractivity contribution is 5.72. The first-order valence-electron chi connectivity index (χ1n) is 3.61. The molecule has 1 unspecified atom stereocenters. The van der Waals surface area contributed by atoms with Crippen LogP contribution in [-0.4, -0.2) is 0 Å². The van der Waals surface area contributed by atoms with E-state index in [-0.39, 0.29) is 6.04 Å². The quantitative estimate of drug-likeness (QED) is 0.542. The van der Waals surface area contributed by atoms with Crippen LogP contribution >= 0.6 is 0 Å². The van der Waals surface area contributed by atoms with E-state index < -0.39 is 0 Å². The zero-order chi connectivity index (χ0) is 7.84. The van der Waals surface area contributed by atoms with E-state index >= 15 is 0 Å². The van der Waals surface area contributed by atoms with Crippen molar-refractivity contribution in [3.05, 3.63) is 35.4 Å². The van der Waals surface area contributed by atoms with Crippen LogP contribution < -0.4 is 11.5 Å². The fraction of sp³-hybridized carbons (Fsp3) is 0.111. The van der Waals surface area contributed by atoms with Crippen molar-refractivity contribution in [2.24, 2.45) is 5.73 Å². The summed E-state index contributed by atoms with van der Waals surface area (Å²) >= 11 is 0. The van der Waals surface area contributed by atoms with Crippen LogP contribution in [0.5, 0.6) is 0 Å². The summed E-state index contributed by atoms with van der Waals surface area (Å²) in [6.45, 7) is 0. The molecule has 11 heavy (non-hydrogen) atoms. The van der Waals surface area contributed by atoms with Gasteiger partial charge in [-0.1, -0.05) is 24.3 Å². The molecular formula is C9H10N2. The molecule has 0 saturated heterocycles. The van der Waals surface area contributed by atoms with Crippen molar-refractivity contribution < 1.29 is 0 Å². The van der Waals surface area contributed by atoms with Crippen LogP contribution in [0.1, 0.15) is 17.2 Å². The van der Waals surface area contributed by atoms with Gasteiger partial charge in [0.15, 0.2) is 0 Å². The lowest BCUT2D eigenvalue weighted by Crippen LogP contribution is -2.04. The second-order valence-corrected chi connectivity index (χ2v) is 2.74. The predicted octanol–water partition coefficient (Wildman–Crippen LogP) is 1.30. The van der Waals surface area contributed by atoms with Gasteiger partial charge in [0.25, 0.3) is 0 Å². The van der Waals surface area contributed by atoms with Crippen LogP contribution in [0.25, 0.3) is 6.08 Å². The molecule has 0 fully saturated rings. The average molecular weight is 146 g/mol. The second kappa shape index (κ2) is 2.10. The summed E-state index contributed by atoms with van der Waals surface area (Å²) in [4.78, 5) is 0. The van der Waals surface area contributed by atoms with Crippen LogP contribution in [0, 0.1) is 0 Å². The van der Waals surface area contributed by atoms with E-state index in [2.05, 4.69) is 0 Å². The fourth-order valence-corrected chi connectivity index (χ4v) is 1.39. The van der Waals surface area contributed by atoms with Crippen molar-refractivity contribution in [2.45, 2.75) is 6.04 Å². The normalized spacial score (nSPS) is 20.3. The highest BCUT2D eigenvalue weighted by Crippen LogP contribution is 2.29. The number of hydrogen-bond donors (Lipinski definition) is 2. The third kappa shape index (κ3) is 0.835. The number of hydrogen-bond acceptors (Lipinski definition) is 2. The minimum Gasteiger partial charge on any atom is -0.398 e. The van der Waals surface area contributed by atoms with Gasteiger partial charge in [0.1, 0.15) is 0 Å². The van der Waals surface area contributed by atoms with E-state index in [0.717, 1.165) is 16.8 Å². The lowest BCUT2D eigenvalue weighted by atomic mass is 10.1. The summed E-state index contributed by atoms with van der Waals surface area (Å²) in [5.41, 5.74) is 14.5. The van der Waals surface area contributed by atoms with Gasteiger partial charge in [-0.2, -0.15) is 0 Å². The van der Waals surface area contributed by atoms with Gasteiger partial charge >= 0.3 is 0 Å². The van der Waals surface area contributed by atoms with Crippen molar-refractivity contribution in [3.8, 4) is 0 Å². The number of benzene rings is 1. The maximum Gasteiger partial charge on any atom is 0.0491 e. The average Bonchev–Trinajstić information content (AvgIpc) is 2.35. The number of fused-ring (bicyclic) bond motifs is 1. The highest BCUT2D eigenvalue weighted by Gasteiger charge is 2.13. The smallest absolute Gasteiger partial charge is 0.0491 e. The molecule has 0 bridgehead atoms. The van der Waals surface area contributed by atoms with E-state index in [9.17, 15) is 0 Å². The topological polar surface area (TPSA) is 52.0 Å². The molecule has 1 atom stereocenters. The van der Waals surface area contributed by atoms with E-state index in [1.54, 1.807) is 0 Å². The number of anilines is 1. The molecule has 0 radical (unpaired) electrons. The van der Waals surface area contributed by atoms with Gasteiger partial charge in [0.05, 0.1) is 0 Å². The van der Waals surface area contributed by atoms with Crippen LogP contribution in [-0.2, 0) is 0 Å². The Labute approximate surface area is 65.5 Å². The predicted molar refractivity (Wildman–Crippen MR) is 46.8 cm³/mol. The van der Waals surface area contributed by atoms with Gasteiger partial charge in [-0.25, -0.2) is 0 Å². The Bertz CT molecular complexity index is 315. The molecule has 1 aliphatic rings. The highest BCUT2D eigenvalue weighted by atomic mass is 14.6. The zero-order valence-electron chi connectivity index (χ0n) is 6.12. The van der Waals surface area contributed by atoms with Crippen LogP contribution in [0.4, 0.5) is 5.69 Å². The van der Waals surface area contributed by atoms with Crippen molar-refractivity contribution in [3.63, 3.8) is 0 Å². The molecule has 56 valence electrons. The molecule has 0 amide bonds. The summed E-state index contributed by atoms with van der Waals surface area (Å²) < 4.78 is 0. The van der Waals surface area contributed by atoms with Crippen LogP contribution in [0.15, 0.2) is 24.3 Å². The molecule has 2 nitrogen and oxygen atoms in total. The minimum absolute atomic E-state index is 0.0356.